The molecule has 18 heavy (non-hydrogen) atoms. The molecule has 2 aromatic rings. The minimum atomic E-state index is 0.757. The number of aryl methyl sites for hydroxylation is 1. The van der Waals surface area contributed by atoms with Gasteiger partial charge in [-0.3, -0.25) is 0 Å². The summed E-state index contributed by atoms with van der Waals surface area (Å²) in [6, 6.07) is 8.16. The minimum Gasteiger partial charge on any atom is -0.492 e. The van der Waals surface area contributed by atoms with Crippen LogP contribution in [0.2, 0.25) is 0 Å². The fourth-order valence-electron chi connectivity index (χ4n) is 2.25. The van der Waals surface area contributed by atoms with E-state index in [2.05, 4.69) is 27.4 Å². The number of hydrogen-bond acceptors (Lipinski definition) is 4. The van der Waals surface area contributed by atoms with Crippen molar-refractivity contribution < 1.29 is 4.74 Å². The van der Waals surface area contributed by atoms with Crippen LogP contribution in [0.4, 0.5) is 5.82 Å². The molecule has 1 N–H and O–H groups in total. The first-order valence-corrected chi connectivity index (χ1v) is 6.06. The molecule has 0 aliphatic carbocycles. The Morgan fingerprint density at radius 3 is 3.00 bits per heavy atom. The average Bonchev–Trinajstić information content (AvgIpc) is 2.85. The topological polar surface area (TPSA) is 47.0 Å². The van der Waals surface area contributed by atoms with E-state index in [4.69, 9.17) is 4.74 Å². The van der Waals surface area contributed by atoms with Gasteiger partial charge >= 0.3 is 0 Å². The lowest BCUT2D eigenvalue weighted by Gasteiger charge is -2.09. The Morgan fingerprint density at radius 2 is 2.17 bits per heavy atom. The summed E-state index contributed by atoms with van der Waals surface area (Å²) in [6.07, 6.45) is 0.978. The molecule has 1 aromatic heterocycles. The number of fused-ring (bicyclic) bond motifs is 1. The number of benzene rings is 1. The van der Waals surface area contributed by atoms with Crippen LogP contribution in [-0.2, 0) is 6.42 Å². The van der Waals surface area contributed by atoms with E-state index in [1.807, 2.05) is 26.1 Å². The van der Waals surface area contributed by atoms with Crippen molar-refractivity contribution in [2.75, 3.05) is 19.0 Å². The highest BCUT2D eigenvalue weighted by Crippen LogP contribution is 2.36. The van der Waals surface area contributed by atoms with Crippen LogP contribution < -0.4 is 10.1 Å². The lowest BCUT2D eigenvalue weighted by Crippen LogP contribution is -1.99. The molecule has 2 heterocycles. The summed E-state index contributed by atoms with van der Waals surface area (Å²) in [5.41, 5.74) is 3.22. The van der Waals surface area contributed by atoms with Gasteiger partial charge in [0.2, 0.25) is 0 Å². The van der Waals surface area contributed by atoms with E-state index >= 15 is 0 Å². The quantitative estimate of drug-likeness (QED) is 0.877. The van der Waals surface area contributed by atoms with Crippen molar-refractivity contribution in [2.24, 2.45) is 0 Å². The van der Waals surface area contributed by atoms with Crippen molar-refractivity contribution in [1.29, 1.82) is 0 Å². The smallest absolute Gasteiger partial charge is 0.132 e. The second kappa shape index (κ2) is 4.29. The molecule has 1 aromatic carbocycles. The van der Waals surface area contributed by atoms with Gasteiger partial charge in [-0.2, -0.15) is 0 Å². The van der Waals surface area contributed by atoms with Gasteiger partial charge in [0.15, 0.2) is 0 Å². The van der Waals surface area contributed by atoms with Gasteiger partial charge in [0.1, 0.15) is 17.4 Å². The maximum absolute atomic E-state index is 5.72. The zero-order valence-corrected chi connectivity index (χ0v) is 10.5. The molecule has 0 unspecified atom stereocenters. The zero-order chi connectivity index (χ0) is 12.5. The van der Waals surface area contributed by atoms with Crippen molar-refractivity contribution >= 4 is 5.82 Å². The summed E-state index contributed by atoms with van der Waals surface area (Å²) in [5.74, 6) is 2.55. The molecule has 0 fully saturated rings. The summed E-state index contributed by atoms with van der Waals surface area (Å²) in [6.45, 7) is 2.66. The summed E-state index contributed by atoms with van der Waals surface area (Å²) in [5, 5.41) is 3.05. The Morgan fingerprint density at radius 1 is 1.28 bits per heavy atom. The van der Waals surface area contributed by atoms with E-state index < -0.39 is 0 Å². The Hall–Kier alpha value is -2.10. The number of ether oxygens (including phenoxy) is 1. The molecule has 1 aliphatic heterocycles. The van der Waals surface area contributed by atoms with Crippen molar-refractivity contribution in [3.8, 4) is 17.0 Å². The molecular formula is C14H15N3O. The van der Waals surface area contributed by atoms with Gasteiger partial charge in [-0.05, 0) is 18.6 Å². The van der Waals surface area contributed by atoms with Crippen molar-refractivity contribution in [1.82, 2.24) is 9.97 Å². The SMILES string of the molecule is CNc1cc(-c2cccc3c2OCC3)nc(C)n1. The van der Waals surface area contributed by atoms with E-state index in [-0.39, 0.29) is 0 Å². The van der Waals surface area contributed by atoms with Crippen LogP contribution in [0, 0.1) is 6.92 Å². The van der Waals surface area contributed by atoms with Crippen LogP contribution in [0.15, 0.2) is 24.3 Å². The first kappa shape index (κ1) is 11.0. The number of aromatic nitrogens is 2. The predicted molar refractivity (Wildman–Crippen MR) is 71.0 cm³/mol. The number of hydrogen-bond donors (Lipinski definition) is 1. The van der Waals surface area contributed by atoms with Crippen LogP contribution in [-0.4, -0.2) is 23.6 Å². The van der Waals surface area contributed by atoms with E-state index in [1.165, 1.54) is 5.56 Å². The highest BCUT2D eigenvalue weighted by atomic mass is 16.5. The monoisotopic (exact) mass is 241 g/mol. The van der Waals surface area contributed by atoms with E-state index in [9.17, 15) is 0 Å². The molecule has 0 saturated heterocycles. The van der Waals surface area contributed by atoms with Crippen LogP contribution in [0.1, 0.15) is 11.4 Å². The second-order valence-electron chi connectivity index (χ2n) is 4.33. The maximum atomic E-state index is 5.72. The van der Waals surface area contributed by atoms with Gasteiger partial charge in [0.05, 0.1) is 12.3 Å². The largest absolute Gasteiger partial charge is 0.492 e. The molecule has 0 amide bonds. The molecule has 3 rings (SSSR count). The second-order valence-corrected chi connectivity index (χ2v) is 4.33. The minimum absolute atomic E-state index is 0.757. The Bertz CT molecular complexity index is 596. The van der Waals surface area contributed by atoms with Crippen LogP contribution in [0.3, 0.4) is 0 Å². The number of para-hydroxylation sites is 1. The molecule has 0 spiro atoms. The third-order valence-electron chi connectivity index (χ3n) is 3.08. The summed E-state index contributed by atoms with van der Waals surface area (Å²) in [4.78, 5) is 8.81. The summed E-state index contributed by atoms with van der Waals surface area (Å²) in [7, 11) is 1.86. The fourth-order valence-corrected chi connectivity index (χ4v) is 2.25. The highest BCUT2D eigenvalue weighted by molar-refractivity contribution is 5.71. The van der Waals surface area contributed by atoms with Gasteiger partial charge in [0.25, 0.3) is 0 Å². The molecule has 4 heteroatoms. The van der Waals surface area contributed by atoms with E-state index in [1.54, 1.807) is 0 Å². The Balaban J connectivity index is 2.15. The van der Waals surface area contributed by atoms with Crippen LogP contribution in [0.25, 0.3) is 11.3 Å². The van der Waals surface area contributed by atoms with Crippen molar-refractivity contribution in [3.63, 3.8) is 0 Å². The zero-order valence-electron chi connectivity index (χ0n) is 10.5. The average molecular weight is 241 g/mol. The normalized spacial score (nSPS) is 13.0. The Labute approximate surface area is 106 Å². The summed E-state index contributed by atoms with van der Waals surface area (Å²) < 4.78 is 5.72. The molecule has 0 saturated carbocycles. The lowest BCUT2D eigenvalue weighted by atomic mass is 10.1. The van der Waals surface area contributed by atoms with Gasteiger partial charge < -0.3 is 10.1 Å². The van der Waals surface area contributed by atoms with Gasteiger partial charge in [-0.1, -0.05) is 12.1 Å². The summed E-state index contributed by atoms with van der Waals surface area (Å²) >= 11 is 0. The van der Waals surface area contributed by atoms with Gasteiger partial charge in [-0.15, -0.1) is 0 Å². The van der Waals surface area contributed by atoms with E-state index in [0.717, 1.165) is 41.7 Å². The van der Waals surface area contributed by atoms with Crippen LogP contribution in [0.5, 0.6) is 5.75 Å². The maximum Gasteiger partial charge on any atom is 0.132 e. The number of rotatable bonds is 2. The number of anilines is 1. The molecule has 0 atom stereocenters. The standard InChI is InChI=1S/C14H15N3O/c1-9-16-12(8-13(15-2)17-9)11-5-3-4-10-6-7-18-14(10)11/h3-5,8H,6-7H2,1-2H3,(H,15,16,17). The number of nitrogens with zero attached hydrogens (tertiary/aromatic N) is 2. The molecule has 4 nitrogen and oxygen atoms in total. The number of nitrogens with one attached hydrogen (secondary N) is 1. The fraction of sp³-hybridized carbons (Fsp3) is 0.286. The molecule has 92 valence electrons. The lowest BCUT2D eigenvalue weighted by molar-refractivity contribution is 0.358. The molecule has 0 radical (unpaired) electrons. The van der Waals surface area contributed by atoms with Crippen molar-refractivity contribution in [3.05, 3.63) is 35.7 Å². The van der Waals surface area contributed by atoms with Gasteiger partial charge in [0, 0.05) is 25.1 Å². The third kappa shape index (κ3) is 1.79. The first-order valence-electron chi connectivity index (χ1n) is 6.06. The highest BCUT2D eigenvalue weighted by Gasteiger charge is 2.18. The van der Waals surface area contributed by atoms with Crippen molar-refractivity contribution in [2.45, 2.75) is 13.3 Å². The van der Waals surface area contributed by atoms with Gasteiger partial charge in [-0.25, -0.2) is 9.97 Å². The van der Waals surface area contributed by atoms with E-state index in [0.29, 0.717) is 0 Å². The van der Waals surface area contributed by atoms with Crippen LogP contribution >= 0.6 is 0 Å². The molecular weight excluding hydrogens is 226 g/mol. The predicted octanol–water partition coefficient (Wildman–Crippen LogP) is 2.43. The molecule has 0 bridgehead atoms. The first-order chi connectivity index (χ1) is 8.78. The third-order valence-corrected chi connectivity index (χ3v) is 3.08. The molecule has 1 aliphatic rings. The Kier molecular flexibility index (Phi) is 2.63.